The Balaban J connectivity index is 3.65. The average Bonchev–Trinajstić information content (AvgIpc) is 2.13. The van der Waals surface area contributed by atoms with E-state index in [-0.39, 0.29) is 6.09 Å². The van der Waals surface area contributed by atoms with Gasteiger partial charge < -0.3 is 10.1 Å². The van der Waals surface area contributed by atoms with Crippen LogP contribution in [0.3, 0.4) is 0 Å². The lowest BCUT2D eigenvalue weighted by atomic mass is 10.2. The number of hydrogen-bond acceptors (Lipinski definition) is 2. The van der Waals surface area contributed by atoms with Crippen molar-refractivity contribution in [2.45, 2.75) is 52.6 Å². The predicted molar refractivity (Wildman–Crippen MR) is 66.4 cm³/mol. The van der Waals surface area contributed by atoms with Crippen molar-refractivity contribution in [3.63, 3.8) is 0 Å². The summed E-state index contributed by atoms with van der Waals surface area (Å²) >= 11 is 0. The number of carbonyl (C=O) groups excluding carboxylic acids is 1. The molecule has 0 bridgehead atoms. The van der Waals surface area contributed by atoms with Gasteiger partial charge in [-0.05, 0) is 45.8 Å². The third-order valence-corrected chi connectivity index (χ3v) is 1.69. The molecule has 0 aliphatic rings. The van der Waals surface area contributed by atoms with Gasteiger partial charge in [-0.3, -0.25) is 0 Å². The lowest BCUT2D eigenvalue weighted by Gasteiger charge is -2.19. The molecule has 0 aromatic heterocycles. The predicted octanol–water partition coefficient (Wildman–Crippen LogP) is 3.41. The molecule has 0 aliphatic carbocycles. The Kier molecular flexibility index (Phi) is 7.40. The zero-order chi connectivity index (χ0) is 12.4. The van der Waals surface area contributed by atoms with Gasteiger partial charge in [0.2, 0.25) is 0 Å². The van der Waals surface area contributed by atoms with Crippen molar-refractivity contribution >= 4 is 6.09 Å². The van der Waals surface area contributed by atoms with Gasteiger partial charge in [-0.1, -0.05) is 13.3 Å². The second-order valence-corrected chi connectivity index (χ2v) is 4.60. The SMILES string of the molecule is CCCCC=C=CCNC(=O)OC(C)(C)C. The first kappa shape index (κ1) is 14.8. The van der Waals surface area contributed by atoms with Gasteiger partial charge >= 0.3 is 6.09 Å². The van der Waals surface area contributed by atoms with Gasteiger partial charge in [0.25, 0.3) is 0 Å². The van der Waals surface area contributed by atoms with Crippen molar-refractivity contribution in [1.29, 1.82) is 0 Å². The molecule has 0 atom stereocenters. The molecule has 0 aliphatic heterocycles. The maximum absolute atomic E-state index is 11.2. The van der Waals surface area contributed by atoms with Crippen LogP contribution in [0, 0.1) is 0 Å². The van der Waals surface area contributed by atoms with Gasteiger partial charge in [0.1, 0.15) is 5.60 Å². The summed E-state index contributed by atoms with van der Waals surface area (Å²) < 4.78 is 5.07. The zero-order valence-corrected chi connectivity index (χ0v) is 10.8. The molecule has 3 heteroatoms. The summed E-state index contributed by atoms with van der Waals surface area (Å²) in [5.41, 5.74) is 2.58. The molecular weight excluding hydrogens is 202 g/mol. The number of amides is 1. The summed E-state index contributed by atoms with van der Waals surface area (Å²) in [7, 11) is 0. The Hall–Kier alpha value is -1.21. The van der Waals surface area contributed by atoms with Gasteiger partial charge in [-0.2, -0.15) is 0 Å². The largest absolute Gasteiger partial charge is 0.444 e. The van der Waals surface area contributed by atoms with E-state index in [1.165, 1.54) is 12.8 Å². The van der Waals surface area contributed by atoms with E-state index in [4.69, 9.17) is 4.74 Å². The number of ether oxygens (including phenoxy) is 1. The molecule has 0 saturated heterocycles. The number of rotatable bonds is 5. The van der Waals surface area contributed by atoms with E-state index in [0.717, 1.165) is 6.42 Å². The van der Waals surface area contributed by atoms with Crippen molar-refractivity contribution in [3.05, 3.63) is 17.9 Å². The van der Waals surface area contributed by atoms with Crippen molar-refractivity contribution < 1.29 is 9.53 Å². The van der Waals surface area contributed by atoms with E-state index in [2.05, 4.69) is 18.0 Å². The lowest BCUT2D eigenvalue weighted by Crippen LogP contribution is -2.32. The van der Waals surface area contributed by atoms with Crippen LogP contribution in [0.5, 0.6) is 0 Å². The van der Waals surface area contributed by atoms with Crippen LogP contribution < -0.4 is 5.32 Å². The standard InChI is InChI=1S/C13H23NO2/c1-5-6-7-8-9-10-11-14-12(15)16-13(2,3)4/h8,10H,5-7,11H2,1-4H3,(H,14,15). The minimum Gasteiger partial charge on any atom is -0.444 e. The highest BCUT2D eigenvalue weighted by Crippen LogP contribution is 2.05. The Morgan fingerprint density at radius 3 is 2.62 bits per heavy atom. The molecule has 92 valence electrons. The quantitative estimate of drug-likeness (QED) is 0.575. The van der Waals surface area contributed by atoms with Crippen LogP contribution in [0.1, 0.15) is 47.0 Å². The normalized spacial score (nSPS) is 10.2. The highest BCUT2D eigenvalue weighted by atomic mass is 16.6. The first-order valence-corrected chi connectivity index (χ1v) is 5.82. The molecule has 0 fully saturated rings. The van der Waals surface area contributed by atoms with Gasteiger partial charge in [0.05, 0.1) is 0 Å². The Morgan fingerprint density at radius 1 is 1.38 bits per heavy atom. The number of nitrogens with one attached hydrogen (secondary N) is 1. The van der Waals surface area contributed by atoms with E-state index in [0.29, 0.717) is 6.54 Å². The first-order chi connectivity index (χ1) is 7.45. The summed E-state index contributed by atoms with van der Waals surface area (Å²) in [6.07, 6.45) is 6.80. The third-order valence-electron chi connectivity index (χ3n) is 1.69. The Labute approximate surface area is 98.6 Å². The Morgan fingerprint density at radius 2 is 2.06 bits per heavy atom. The fourth-order valence-electron chi connectivity index (χ4n) is 0.980. The molecule has 0 spiro atoms. The summed E-state index contributed by atoms with van der Waals surface area (Å²) in [5.74, 6) is 0. The second-order valence-electron chi connectivity index (χ2n) is 4.60. The molecule has 0 unspecified atom stereocenters. The van der Waals surface area contributed by atoms with E-state index >= 15 is 0 Å². The third kappa shape index (κ3) is 10.9. The monoisotopic (exact) mass is 225 g/mol. The van der Waals surface area contributed by atoms with Crippen LogP contribution in [-0.2, 0) is 4.74 Å². The molecule has 0 radical (unpaired) electrons. The fourth-order valence-corrected chi connectivity index (χ4v) is 0.980. The maximum atomic E-state index is 11.2. The molecule has 3 nitrogen and oxygen atoms in total. The highest BCUT2D eigenvalue weighted by molar-refractivity contribution is 5.67. The van der Waals surface area contributed by atoms with Crippen LogP contribution in [0.15, 0.2) is 17.9 Å². The highest BCUT2D eigenvalue weighted by Gasteiger charge is 2.14. The Bertz CT molecular complexity index is 258. The molecule has 16 heavy (non-hydrogen) atoms. The van der Waals surface area contributed by atoms with E-state index in [1.54, 1.807) is 6.08 Å². The number of unbranched alkanes of at least 4 members (excludes halogenated alkanes) is 2. The molecule has 0 rings (SSSR count). The molecule has 0 aromatic carbocycles. The number of alkyl carbamates (subject to hydrolysis) is 1. The van der Waals surface area contributed by atoms with Crippen LogP contribution in [0.25, 0.3) is 0 Å². The smallest absolute Gasteiger partial charge is 0.407 e. The molecular formula is C13H23NO2. The first-order valence-electron chi connectivity index (χ1n) is 5.82. The second kappa shape index (κ2) is 8.00. The van der Waals surface area contributed by atoms with Crippen LogP contribution >= 0.6 is 0 Å². The molecule has 0 aromatic rings. The fraction of sp³-hybridized carbons (Fsp3) is 0.692. The van der Waals surface area contributed by atoms with E-state index < -0.39 is 5.60 Å². The van der Waals surface area contributed by atoms with Crippen LogP contribution in [0.4, 0.5) is 4.79 Å². The minimum atomic E-state index is -0.440. The van der Waals surface area contributed by atoms with Crippen molar-refractivity contribution in [2.75, 3.05) is 6.54 Å². The summed E-state index contributed by atoms with van der Waals surface area (Å²) in [6, 6.07) is 0. The summed E-state index contributed by atoms with van der Waals surface area (Å²) in [6.45, 7) is 8.13. The van der Waals surface area contributed by atoms with E-state index in [1.807, 2.05) is 26.8 Å². The number of hydrogen-bond donors (Lipinski definition) is 1. The van der Waals surface area contributed by atoms with Crippen LogP contribution in [0.2, 0.25) is 0 Å². The minimum absolute atomic E-state index is 0.390. The summed E-state index contributed by atoms with van der Waals surface area (Å²) in [4.78, 5) is 11.2. The molecule has 0 saturated carbocycles. The molecule has 0 heterocycles. The molecule has 1 amide bonds. The molecule has 1 N–H and O–H groups in total. The van der Waals surface area contributed by atoms with Gasteiger partial charge in [-0.15, -0.1) is 5.73 Å². The van der Waals surface area contributed by atoms with Crippen molar-refractivity contribution in [1.82, 2.24) is 5.32 Å². The maximum Gasteiger partial charge on any atom is 0.407 e. The summed E-state index contributed by atoms with van der Waals surface area (Å²) in [5, 5.41) is 2.63. The van der Waals surface area contributed by atoms with Gasteiger partial charge in [0, 0.05) is 6.54 Å². The van der Waals surface area contributed by atoms with Crippen LogP contribution in [-0.4, -0.2) is 18.2 Å². The van der Waals surface area contributed by atoms with Crippen molar-refractivity contribution in [3.8, 4) is 0 Å². The number of carbonyl (C=O) groups is 1. The average molecular weight is 225 g/mol. The van der Waals surface area contributed by atoms with Gasteiger partial charge in [-0.25, -0.2) is 4.79 Å². The van der Waals surface area contributed by atoms with E-state index in [9.17, 15) is 4.79 Å². The zero-order valence-electron chi connectivity index (χ0n) is 10.8. The van der Waals surface area contributed by atoms with Gasteiger partial charge in [0.15, 0.2) is 0 Å². The lowest BCUT2D eigenvalue weighted by molar-refractivity contribution is 0.0534. The van der Waals surface area contributed by atoms with Crippen molar-refractivity contribution in [2.24, 2.45) is 0 Å². The topological polar surface area (TPSA) is 38.3 Å².